The van der Waals surface area contributed by atoms with E-state index >= 15 is 0 Å². The average molecular weight is 434 g/mol. The zero-order valence-corrected chi connectivity index (χ0v) is 18.6. The minimum atomic E-state index is -0.442. The van der Waals surface area contributed by atoms with Crippen molar-refractivity contribution in [1.29, 1.82) is 0 Å². The summed E-state index contributed by atoms with van der Waals surface area (Å²) in [5.41, 5.74) is 4.74. The maximum atomic E-state index is 13.5. The Bertz CT molecular complexity index is 1160. The molecule has 2 heterocycles. The van der Waals surface area contributed by atoms with Crippen molar-refractivity contribution in [3.63, 3.8) is 0 Å². The SMILES string of the molecule is CCN1CCN(C(=O)c2cc(-c3ccc(C)c(C)c3)nn2-c2cccc([N+](=O)[O-])c2)CC1. The van der Waals surface area contributed by atoms with Gasteiger partial charge in [0.15, 0.2) is 0 Å². The van der Waals surface area contributed by atoms with E-state index in [0.717, 1.165) is 30.8 Å². The van der Waals surface area contributed by atoms with Gasteiger partial charge >= 0.3 is 0 Å². The Morgan fingerprint density at radius 1 is 1.03 bits per heavy atom. The maximum absolute atomic E-state index is 13.5. The normalized spacial score (nSPS) is 14.5. The second kappa shape index (κ2) is 8.92. The second-order valence-corrected chi connectivity index (χ2v) is 8.13. The van der Waals surface area contributed by atoms with E-state index in [9.17, 15) is 14.9 Å². The van der Waals surface area contributed by atoms with E-state index < -0.39 is 4.92 Å². The number of hydrogen-bond donors (Lipinski definition) is 0. The standard InChI is InChI=1S/C24H27N5O3/c1-4-26-10-12-27(13-11-26)24(30)23-16-22(19-9-8-17(2)18(3)14-19)25-28(23)20-6-5-7-21(15-20)29(31)32/h5-9,14-16H,4,10-13H2,1-3H3. The number of piperazine rings is 1. The monoisotopic (exact) mass is 433 g/mol. The first-order valence-electron chi connectivity index (χ1n) is 10.8. The largest absolute Gasteiger partial charge is 0.335 e. The fraction of sp³-hybridized carbons (Fsp3) is 0.333. The minimum absolute atomic E-state index is 0.0410. The number of aryl methyl sites for hydroxylation is 2. The molecule has 0 saturated carbocycles. The first kappa shape index (κ1) is 21.7. The molecular formula is C24H27N5O3. The molecule has 4 rings (SSSR count). The third-order valence-electron chi connectivity index (χ3n) is 6.12. The number of nitro benzene ring substituents is 1. The number of aromatic nitrogens is 2. The Morgan fingerprint density at radius 2 is 1.78 bits per heavy atom. The average Bonchev–Trinajstić information content (AvgIpc) is 3.26. The van der Waals surface area contributed by atoms with E-state index in [1.165, 1.54) is 22.4 Å². The van der Waals surface area contributed by atoms with Crippen LogP contribution in [0.25, 0.3) is 16.9 Å². The van der Waals surface area contributed by atoms with E-state index in [2.05, 4.69) is 11.8 Å². The molecular weight excluding hydrogens is 406 g/mol. The number of nitro groups is 1. The molecule has 1 saturated heterocycles. The van der Waals surface area contributed by atoms with Crippen molar-refractivity contribution in [2.45, 2.75) is 20.8 Å². The smallest absolute Gasteiger partial charge is 0.272 e. The molecule has 2 aromatic carbocycles. The molecule has 0 bridgehead atoms. The lowest BCUT2D eigenvalue weighted by atomic mass is 10.0. The molecule has 32 heavy (non-hydrogen) atoms. The van der Waals surface area contributed by atoms with Gasteiger partial charge in [-0.15, -0.1) is 0 Å². The van der Waals surface area contributed by atoms with Crippen LogP contribution in [-0.4, -0.2) is 63.1 Å². The highest BCUT2D eigenvalue weighted by Crippen LogP contribution is 2.26. The van der Waals surface area contributed by atoms with Gasteiger partial charge in [-0.2, -0.15) is 5.10 Å². The number of nitrogens with zero attached hydrogens (tertiary/aromatic N) is 5. The molecule has 0 spiro atoms. The highest BCUT2D eigenvalue weighted by atomic mass is 16.6. The quantitative estimate of drug-likeness (QED) is 0.451. The lowest BCUT2D eigenvalue weighted by molar-refractivity contribution is -0.384. The molecule has 166 valence electrons. The molecule has 8 heteroatoms. The summed E-state index contributed by atoms with van der Waals surface area (Å²) in [4.78, 5) is 28.5. The summed E-state index contributed by atoms with van der Waals surface area (Å²) in [6.07, 6.45) is 0. The van der Waals surface area contributed by atoms with Crippen LogP contribution < -0.4 is 0 Å². The van der Waals surface area contributed by atoms with Gasteiger partial charge in [0.1, 0.15) is 5.69 Å². The zero-order chi connectivity index (χ0) is 22.8. The van der Waals surface area contributed by atoms with Crippen molar-refractivity contribution in [1.82, 2.24) is 19.6 Å². The number of hydrogen-bond acceptors (Lipinski definition) is 5. The number of carbonyl (C=O) groups excluding carboxylic acids is 1. The summed E-state index contributed by atoms with van der Waals surface area (Å²) in [7, 11) is 0. The number of rotatable bonds is 5. The van der Waals surface area contributed by atoms with Crippen LogP contribution in [0.2, 0.25) is 0 Å². The fourth-order valence-electron chi connectivity index (χ4n) is 3.94. The van der Waals surface area contributed by atoms with Gasteiger partial charge in [0.2, 0.25) is 0 Å². The molecule has 0 N–H and O–H groups in total. The summed E-state index contributed by atoms with van der Waals surface area (Å²) in [5, 5.41) is 16.0. The van der Waals surface area contributed by atoms with Crippen LogP contribution in [0.3, 0.4) is 0 Å². The Balaban J connectivity index is 1.77. The van der Waals surface area contributed by atoms with E-state index in [1.54, 1.807) is 18.2 Å². The molecule has 0 atom stereocenters. The van der Waals surface area contributed by atoms with Crippen molar-refractivity contribution in [2.24, 2.45) is 0 Å². The third kappa shape index (κ3) is 4.27. The molecule has 1 aromatic heterocycles. The molecule has 0 aliphatic carbocycles. The molecule has 1 amide bonds. The van der Waals surface area contributed by atoms with Crippen LogP contribution >= 0.6 is 0 Å². The fourth-order valence-corrected chi connectivity index (χ4v) is 3.94. The number of carbonyl (C=O) groups is 1. The Hall–Kier alpha value is -3.52. The van der Waals surface area contributed by atoms with Crippen LogP contribution in [0.4, 0.5) is 5.69 Å². The topological polar surface area (TPSA) is 84.5 Å². The first-order chi connectivity index (χ1) is 15.4. The van der Waals surface area contributed by atoms with Crippen LogP contribution in [-0.2, 0) is 0 Å². The molecule has 1 fully saturated rings. The molecule has 1 aliphatic rings. The van der Waals surface area contributed by atoms with Gasteiger partial charge in [-0.25, -0.2) is 4.68 Å². The van der Waals surface area contributed by atoms with Gasteiger partial charge in [0.05, 0.1) is 16.3 Å². The van der Waals surface area contributed by atoms with Crippen LogP contribution in [0.5, 0.6) is 0 Å². The van der Waals surface area contributed by atoms with E-state index in [0.29, 0.717) is 30.2 Å². The lowest BCUT2D eigenvalue weighted by Crippen LogP contribution is -2.48. The zero-order valence-electron chi connectivity index (χ0n) is 18.6. The van der Waals surface area contributed by atoms with Crippen molar-refractivity contribution in [2.75, 3.05) is 32.7 Å². The molecule has 8 nitrogen and oxygen atoms in total. The van der Waals surface area contributed by atoms with Crippen molar-refractivity contribution in [3.05, 3.63) is 75.5 Å². The predicted molar refractivity (Wildman–Crippen MR) is 123 cm³/mol. The number of non-ortho nitro benzene ring substituents is 1. The van der Waals surface area contributed by atoms with E-state index in [4.69, 9.17) is 5.10 Å². The van der Waals surface area contributed by atoms with Gasteiger partial charge in [-0.1, -0.05) is 25.1 Å². The van der Waals surface area contributed by atoms with Gasteiger partial charge in [-0.05, 0) is 49.7 Å². The molecule has 0 radical (unpaired) electrons. The number of amides is 1. The number of benzene rings is 2. The molecule has 1 aliphatic heterocycles. The Labute approximate surface area is 187 Å². The number of likely N-dealkylation sites (N-methyl/N-ethyl adjacent to an activating group) is 1. The second-order valence-electron chi connectivity index (χ2n) is 8.13. The summed E-state index contributed by atoms with van der Waals surface area (Å²) in [6, 6.07) is 14.1. The third-order valence-corrected chi connectivity index (χ3v) is 6.12. The van der Waals surface area contributed by atoms with Gasteiger partial charge in [0, 0.05) is 43.9 Å². The van der Waals surface area contributed by atoms with Crippen LogP contribution in [0, 0.1) is 24.0 Å². The lowest BCUT2D eigenvalue weighted by Gasteiger charge is -2.34. The van der Waals surface area contributed by atoms with Crippen molar-refractivity contribution < 1.29 is 9.72 Å². The predicted octanol–water partition coefficient (Wildman–Crippen LogP) is 3.84. The van der Waals surface area contributed by atoms with Crippen LogP contribution in [0.1, 0.15) is 28.5 Å². The summed E-state index contributed by atoms with van der Waals surface area (Å²) in [6.45, 7) is 10.1. The summed E-state index contributed by atoms with van der Waals surface area (Å²) in [5.74, 6) is -0.116. The van der Waals surface area contributed by atoms with Gasteiger partial charge < -0.3 is 9.80 Å². The highest BCUT2D eigenvalue weighted by Gasteiger charge is 2.26. The van der Waals surface area contributed by atoms with Crippen LogP contribution in [0.15, 0.2) is 48.5 Å². The summed E-state index contributed by atoms with van der Waals surface area (Å²) >= 11 is 0. The Morgan fingerprint density at radius 3 is 2.44 bits per heavy atom. The molecule has 0 unspecified atom stereocenters. The first-order valence-corrected chi connectivity index (χ1v) is 10.8. The van der Waals surface area contributed by atoms with E-state index in [-0.39, 0.29) is 11.6 Å². The van der Waals surface area contributed by atoms with Crippen molar-refractivity contribution >= 4 is 11.6 Å². The minimum Gasteiger partial charge on any atom is -0.335 e. The van der Waals surface area contributed by atoms with E-state index in [1.807, 2.05) is 36.9 Å². The van der Waals surface area contributed by atoms with Gasteiger partial charge in [0.25, 0.3) is 11.6 Å². The molecule has 3 aromatic rings. The highest BCUT2D eigenvalue weighted by molar-refractivity contribution is 5.94. The van der Waals surface area contributed by atoms with Crippen molar-refractivity contribution in [3.8, 4) is 16.9 Å². The summed E-state index contributed by atoms with van der Waals surface area (Å²) < 4.78 is 1.53. The Kier molecular flexibility index (Phi) is 6.05. The maximum Gasteiger partial charge on any atom is 0.272 e. The van der Waals surface area contributed by atoms with Gasteiger partial charge in [-0.3, -0.25) is 14.9 Å².